The van der Waals surface area contributed by atoms with Gasteiger partial charge in [0.25, 0.3) is 0 Å². The van der Waals surface area contributed by atoms with E-state index in [0.717, 1.165) is 58.4 Å². The van der Waals surface area contributed by atoms with E-state index in [1.54, 1.807) is 31.4 Å². The molecule has 2 amide bonds. The second-order valence-electron chi connectivity index (χ2n) is 14.9. The molecule has 6 rings (SSSR count). The molecule has 0 radical (unpaired) electrons. The van der Waals surface area contributed by atoms with Gasteiger partial charge in [-0.2, -0.15) is 0 Å². The van der Waals surface area contributed by atoms with Crippen molar-refractivity contribution in [3.8, 4) is 17.1 Å². The summed E-state index contributed by atoms with van der Waals surface area (Å²) in [5.74, 6) is 1.93. The first-order valence-corrected chi connectivity index (χ1v) is 19.4. The Morgan fingerprint density at radius 3 is 2.13 bits per heavy atom. The smallest absolute Gasteiger partial charge is 0.323 e. The molecule has 2 atom stereocenters. The maximum absolute atomic E-state index is 14.0. The third-order valence-corrected chi connectivity index (χ3v) is 11.3. The number of hydrogen-bond donors (Lipinski definition) is 2. The fourth-order valence-electron chi connectivity index (χ4n) is 8.05. The number of carbonyl (C=O) groups excluding carboxylic acids is 2. The van der Waals surface area contributed by atoms with Gasteiger partial charge in [-0.3, -0.25) is 14.4 Å². The van der Waals surface area contributed by atoms with Crippen molar-refractivity contribution in [1.82, 2.24) is 20.2 Å². The van der Waals surface area contributed by atoms with Gasteiger partial charge in [-0.15, -0.1) is 0 Å². The molecular formula is C45H52N4O5. The average Bonchev–Trinajstić information content (AvgIpc) is 3.21. The van der Waals surface area contributed by atoms with E-state index in [9.17, 15) is 19.5 Å². The Bertz CT molecular complexity index is 1870. The number of carbonyl (C=O) groups is 3. The van der Waals surface area contributed by atoms with Gasteiger partial charge >= 0.3 is 5.97 Å². The molecule has 282 valence electrons. The van der Waals surface area contributed by atoms with Crippen molar-refractivity contribution in [2.75, 3.05) is 13.7 Å². The Labute approximate surface area is 318 Å². The Morgan fingerprint density at radius 2 is 1.52 bits per heavy atom. The Hall–Kier alpha value is -5.31. The predicted molar refractivity (Wildman–Crippen MR) is 210 cm³/mol. The van der Waals surface area contributed by atoms with Crippen LogP contribution in [0.2, 0.25) is 0 Å². The minimum Gasteiger partial charge on any atom is -0.497 e. The molecule has 0 aliphatic heterocycles. The van der Waals surface area contributed by atoms with Crippen molar-refractivity contribution in [3.05, 3.63) is 120 Å². The second kappa shape index (κ2) is 18.6. The maximum atomic E-state index is 14.0. The van der Waals surface area contributed by atoms with Crippen LogP contribution in [-0.4, -0.2) is 57.5 Å². The number of benzene rings is 3. The number of nitrogens with zero attached hydrogens (tertiary/aromatic N) is 3. The normalized spacial score (nSPS) is 18.9. The van der Waals surface area contributed by atoms with E-state index in [4.69, 9.17) is 14.7 Å². The van der Waals surface area contributed by atoms with Crippen LogP contribution < -0.4 is 10.1 Å². The summed E-state index contributed by atoms with van der Waals surface area (Å²) in [6.07, 6.45) is 16.8. The molecule has 0 bridgehead atoms. The van der Waals surface area contributed by atoms with Gasteiger partial charge < -0.3 is 20.1 Å². The number of ether oxygens (including phenoxy) is 1. The second-order valence-corrected chi connectivity index (χ2v) is 14.9. The molecule has 0 spiro atoms. The number of allylic oxidation sites excluding steroid dienone is 2. The minimum atomic E-state index is -1.14. The number of nitrogens with one attached hydrogen (secondary N) is 1. The van der Waals surface area contributed by atoms with Crippen molar-refractivity contribution in [1.29, 1.82) is 0 Å². The first kappa shape index (κ1) is 38.4. The number of hydrogen-bond acceptors (Lipinski definition) is 6. The zero-order valence-corrected chi connectivity index (χ0v) is 31.5. The molecule has 2 N–H and O–H groups in total. The van der Waals surface area contributed by atoms with Crippen LogP contribution in [0.15, 0.2) is 97.3 Å². The molecule has 9 nitrogen and oxygen atoms in total. The fourth-order valence-corrected chi connectivity index (χ4v) is 8.05. The summed E-state index contributed by atoms with van der Waals surface area (Å²) in [6.45, 7) is 1.87. The predicted octanol–water partition coefficient (Wildman–Crippen LogP) is 7.94. The van der Waals surface area contributed by atoms with Gasteiger partial charge in [0.1, 0.15) is 18.3 Å². The fraction of sp³-hybridized carbons (Fsp3) is 0.400. The highest BCUT2D eigenvalue weighted by atomic mass is 16.5. The molecule has 9 heteroatoms. The molecule has 4 aromatic rings. The van der Waals surface area contributed by atoms with E-state index in [2.05, 4.69) is 18.3 Å². The third-order valence-electron chi connectivity index (χ3n) is 11.3. The van der Waals surface area contributed by atoms with Crippen molar-refractivity contribution in [2.24, 2.45) is 17.8 Å². The molecule has 2 aliphatic rings. The number of rotatable bonds is 15. The van der Waals surface area contributed by atoms with Crippen molar-refractivity contribution < 1.29 is 24.2 Å². The molecule has 1 aromatic heterocycles. The van der Waals surface area contributed by atoms with Gasteiger partial charge in [0.15, 0.2) is 5.82 Å². The van der Waals surface area contributed by atoms with Gasteiger partial charge in [-0.1, -0.05) is 99.0 Å². The molecule has 1 saturated carbocycles. The van der Waals surface area contributed by atoms with E-state index < -0.39 is 24.5 Å². The van der Waals surface area contributed by atoms with Crippen molar-refractivity contribution in [2.45, 2.75) is 83.7 Å². The summed E-state index contributed by atoms with van der Waals surface area (Å²) in [5.41, 5.74) is 5.60. The van der Waals surface area contributed by atoms with E-state index in [1.165, 1.54) is 49.0 Å². The van der Waals surface area contributed by atoms with Crippen LogP contribution in [0.5, 0.6) is 5.75 Å². The van der Waals surface area contributed by atoms with Crippen LogP contribution in [0.4, 0.5) is 0 Å². The Morgan fingerprint density at radius 1 is 0.833 bits per heavy atom. The van der Waals surface area contributed by atoms with E-state index in [-0.39, 0.29) is 25.3 Å². The Kier molecular flexibility index (Phi) is 13.3. The highest BCUT2D eigenvalue weighted by molar-refractivity contribution is 5.90. The van der Waals surface area contributed by atoms with Crippen molar-refractivity contribution >= 4 is 23.4 Å². The lowest BCUT2D eigenvalue weighted by molar-refractivity contribution is -0.146. The van der Waals surface area contributed by atoms with Crippen LogP contribution in [0.1, 0.15) is 80.5 Å². The standard InChI is InChI=1S/C45H52N4O5/c1-3-31-9-15-35(16-10-31)36-19-21-37(22-20-36)39-27-46-44(47-28-39)38-17-11-34(12-18-38)29-49(30-43(51)52)45(53)41(25-32-7-5-4-6-8-32)48-42(50)26-33-13-23-40(54-2)24-14-33/h4-8,11-14,17-18,21,23-24,27-28,31,35-36,41H,3,9-10,15-16,19-20,22,25-26,29-30H2,1-2H3,(H,48,50)(H,51,52)/t31?,35?,36?,41-/m0/s1. The molecule has 3 aromatic carbocycles. The van der Waals surface area contributed by atoms with Crippen LogP contribution in [0.25, 0.3) is 17.0 Å². The first-order chi connectivity index (χ1) is 26.3. The quantitative estimate of drug-likeness (QED) is 0.128. The summed E-state index contributed by atoms with van der Waals surface area (Å²) in [5, 5.41) is 12.7. The third kappa shape index (κ3) is 10.4. The van der Waals surface area contributed by atoms with Gasteiger partial charge in [0, 0.05) is 36.5 Å². The summed E-state index contributed by atoms with van der Waals surface area (Å²) < 4.78 is 5.21. The number of methoxy groups -OCH3 is 1. The zero-order chi connectivity index (χ0) is 37.9. The zero-order valence-electron chi connectivity index (χ0n) is 31.5. The van der Waals surface area contributed by atoms with E-state index in [1.807, 2.05) is 67.0 Å². The Balaban J connectivity index is 1.10. The van der Waals surface area contributed by atoms with Crippen LogP contribution in [0, 0.1) is 17.8 Å². The summed E-state index contributed by atoms with van der Waals surface area (Å²) in [4.78, 5) is 49.9. The largest absolute Gasteiger partial charge is 0.497 e. The molecule has 0 saturated heterocycles. The number of aliphatic carboxylic acids is 1. The van der Waals surface area contributed by atoms with Crippen LogP contribution >= 0.6 is 0 Å². The van der Waals surface area contributed by atoms with Crippen molar-refractivity contribution in [3.63, 3.8) is 0 Å². The maximum Gasteiger partial charge on any atom is 0.323 e. The topological polar surface area (TPSA) is 122 Å². The number of amides is 2. The SMILES string of the molecule is CCC1CCC(C2CC=C(c3cnc(-c4ccc(CN(CC(=O)O)C(=O)[C@H](Cc5ccccc5)NC(=O)Cc5ccc(OC)cc5)cc4)nc3)CC2)CC1. The number of carboxylic acid groups (broad SMARTS) is 1. The summed E-state index contributed by atoms with van der Waals surface area (Å²) in [7, 11) is 1.58. The average molecular weight is 729 g/mol. The minimum absolute atomic E-state index is 0.0556. The molecular weight excluding hydrogens is 677 g/mol. The van der Waals surface area contributed by atoms with Crippen LogP contribution in [-0.2, 0) is 33.8 Å². The highest BCUT2D eigenvalue weighted by Crippen LogP contribution is 2.41. The van der Waals surface area contributed by atoms with E-state index in [0.29, 0.717) is 11.6 Å². The molecule has 1 fully saturated rings. The van der Waals surface area contributed by atoms with Gasteiger partial charge in [-0.05, 0) is 84.3 Å². The lowest BCUT2D eigenvalue weighted by atomic mass is 9.71. The molecule has 2 aliphatic carbocycles. The monoisotopic (exact) mass is 728 g/mol. The van der Waals surface area contributed by atoms with Gasteiger partial charge in [0.05, 0.1) is 13.5 Å². The molecule has 1 unspecified atom stereocenters. The van der Waals surface area contributed by atoms with E-state index >= 15 is 0 Å². The lowest BCUT2D eigenvalue weighted by Crippen LogP contribution is -2.51. The molecule has 1 heterocycles. The van der Waals surface area contributed by atoms with Crippen LogP contribution in [0.3, 0.4) is 0 Å². The number of carboxylic acids is 1. The summed E-state index contributed by atoms with van der Waals surface area (Å²) in [6, 6.07) is 23.1. The number of aromatic nitrogens is 2. The lowest BCUT2D eigenvalue weighted by Gasteiger charge is -2.35. The van der Waals surface area contributed by atoms with Gasteiger partial charge in [0.2, 0.25) is 11.8 Å². The van der Waals surface area contributed by atoms with Gasteiger partial charge in [-0.25, -0.2) is 9.97 Å². The molecule has 54 heavy (non-hydrogen) atoms. The first-order valence-electron chi connectivity index (χ1n) is 19.4. The highest BCUT2D eigenvalue weighted by Gasteiger charge is 2.30. The summed E-state index contributed by atoms with van der Waals surface area (Å²) >= 11 is 0.